The Bertz CT molecular complexity index is 349. The first-order valence-corrected chi connectivity index (χ1v) is 6.22. The van der Waals surface area contributed by atoms with Crippen LogP contribution in [0.4, 0.5) is 0 Å². The van der Waals surface area contributed by atoms with Crippen LogP contribution >= 0.6 is 27.3 Å². The van der Waals surface area contributed by atoms with E-state index in [-0.39, 0.29) is 5.41 Å². The zero-order valence-corrected chi connectivity index (χ0v) is 10.8. The Hall–Kier alpha value is -0.350. The number of hydrogen-bond acceptors (Lipinski definition) is 2. The fourth-order valence-electron chi connectivity index (χ4n) is 1.08. The van der Waals surface area contributed by atoms with E-state index in [0.29, 0.717) is 10.2 Å². The minimum atomic E-state index is -0.833. The van der Waals surface area contributed by atoms with Crippen molar-refractivity contribution in [1.29, 1.82) is 0 Å². The quantitative estimate of drug-likeness (QED) is 0.838. The molecular formula is C10H13BrO2S. The Morgan fingerprint density at radius 3 is 2.43 bits per heavy atom. The molecule has 0 amide bonds. The maximum absolute atomic E-state index is 10.9. The van der Waals surface area contributed by atoms with Gasteiger partial charge in [-0.2, -0.15) is 0 Å². The Kier molecular flexibility index (Phi) is 3.37. The molecule has 0 aliphatic carbocycles. The molecule has 1 aromatic heterocycles. The highest BCUT2D eigenvalue weighted by Crippen LogP contribution is 2.33. The molecule has 0 aromatic carbocycles. The monoisotopic (exact) mass is 276 g/mol. The summed E-state index contributed by atoms with van der Waals surface area (Å²) in [5.74, 6) is -0.833. The third-order valence-corrected chi connectivity index (χ3v) is 4.08. The molecule has 0 fully saturated rings. The van der Waals surface area contributed by atoms with E-state index < -0.39 is 5.97 Å². The van der Waals surface area contributed by atoms with Gasteiger partial charge in [-0.15, -0.1) is 11.3 Å². The van der Waals surface area contributed by atoms with Crippen LogP contribution in [-0.4, -0.2) is 11.1 Å². The minimum absolute atomic E-state index is 0.0231. The van der Waals surface area contributed by atoms with Crippen LogP contribution in [0.3, 0.4) is 0 Å². The molecule has 1 rings (SSSR count). The maximum Gasteiger partial charge on any atom is 0.346 e. The highest BCUT2D eigenvalue weighted by Gasteiger charge is 2.21. The number of rotatable bonds is 2. The lowest BCUT2D eigenvalue weighted by molar-refractivity contribution is 0.0701. The van der Waals surface area contributed by atoms with Gasteiger partial charge in [-0.05, 0) is 17.0 Å². The third kappa shape index (κ3) is 2.36. The molecule has 14 heavy (non-hydrogen) atoms. The summed E-state index contributed by atoms with van der Waals surface area (Å²) in [6.07, 6.45) is 0. The molecule has 0 unspecified atom stereocenters. The Balaban J connectivity index is 3.20. The fourth-order valence-corrected chi connectivity index (χ4v) is 2.78. The molecule has 1 heterocycles. The summed E-state index contributed by atoms with van der Waals surface area (Å²) in [4.78, 5) is 12.5. The predicted octanol–water partition coefficient (Wildman–Crippen LogP) is 3.64. The van der Waals surface area contributed by atoms with Crippen LogP contribution in [0.5, 0.6) is 0 Å². The number of halogens is 1. The first kappa shape index (κ1) is 11.7. The first-order valence-electron chi connectivity index (χ1n) is 4.28. The van der Waals surface area contributed by atoms with E-state index in [0.717, 1.165) is 10.4 Å². The van der Waals surface area contributed by atoms with Crippen molar-refractivity contribution < 1.29 is 9.90 Å². The number of thiophene rings is 1. The van der Waals surface area contributed by atoms with Crippen LogP contribution in [-0.2, 0) is 10.7 Å². The van der Waals surface area contributed by atoms with Crippen molar-refractivity contribution in [1.82, 2.24) is 0 Å². The predicted molar refractivity (Wildman–Crippen MR) is 62.6 cm³/mol. The van der Waals surface area contributed by atoms with Crippen molar-refractivity contribution in [3.05, 3.63) is 21.4 Å². The number of carbonyl (C=O) groups is 1. The van der Waals surface area contributed by atoms with Crippen LogP contribution in [0.2, 0.25) is 0 Å². The van der Waals surface area contributed by atoms with Crippen LogP contribution in [0.15, 0.2) is 6.07 Å². The number of aromatic carboxylic acids is 1. The smallest absolute Gasteiger partial charge is 0.346 e. The lowest BCUT2D eigenvalue weighted by Gasteiger charge is -2.15. The van der Waals surface area contributed by atoms with Crippen molar-refractivity contribution >= 4 is 33.2 Å². The SMILES string of the molecule is CC(C)(C)c1cc(CBr)c(C(=O)O)s1. The number of alkyl halides is 1. The molecule has 2 nitrogen and oxygen atoms in total. The molecule has 0 atom stereocenters. The van der Waals surface area contributed by atoms with E-state index in [1.165, 1.54) is 11.3 Å². The van der Waals surface area contributed by atoms with Gasteiger partial charge in [0.15, 0.2) is 0 Å². The normalized spacial score (nSPS) is 11.7. The van der Waals surface area contributed by atoms with Crippen molar-refractivity contribution in [3.8, 4) is 0 Å². The minimum Gasteiger partial charge on any atom is -0.477 e. The summed E-state index contributed by atoms with van der Waals surface area (Å²) in [5, 5.41) is 9.56. The Morgan fingerprint density at radius 2 is 2.14 bits per heavy atom. The molecule has 0 radical (unpaired) electrons. The third-order valence-electron chi connectivity index (χ3n) is 1.89. The summed E-state index contributed by atoms with van der Waals surface area (Å²) < 4.78 is 0. The van der Waals surface area contributed by atoms with Gasteiger partial charge in [0.05, 0.1) is 0 Å². The second kappa shape index (κ2) is 4.03. The molecule has 0 saturated carbocycles. The molecule has 78 valence electrons. The zero-order valence-electron chi connectivity index (χ0n) is 8.43. The molecular weight excluding hydrogens is 264 g/mol. The Morgan fingerprint density at radius 1 is 1.57 bits per heavy atom. The van der Waals surface area contributed by atoms with Crippen molar-refractivity contribution in [2.45, 2.75) is 31.5 Å². The lowest BCUT2D eigenvalue weighted by Crippen LogP contribution is -2.07. The summed E-state index contributed by atoms with van der Waals surface area (Å²) in [6, 6.07) is 1.98. The second-order valence-electron chi connectivity index (χ2n) is 4.15. The Labute approximate surface area is 96.1 Å². The molecule has 1 N–H and O–H groups in total. The van der Waals surface area contributed by atoms with Gasteiger partial charge in [0, 0.05) is 10.2 Å². The average molecular weight is 277 g/mol. The molecule has 0 bridgehead atoms. The topological polar surface area (TPSA) is 37.3 Å². The van der Waals surface area contributed by atoms with Crippen LogP contribution in [0.25, 0.3) is 0 Å². The van der Waals surface area contributed by atoms with Crippen molar-refractivity contribution in [2.75, 3.05) is 0 Å². The highest BCUT2D eigenvalue weighted by molar-refractivity contribution is 9.08. The van der Waals surface area contributed by atoms with Crippen LogP contribution in [0.1, 0.15) is 40.9 Å². The summed E-state index contributed by atoms with van der Waals surface area (Å²) in [7, 11) is 0. The number of carboxylic acid groups (broad SMARTS) is 1. The van der Waals surface area contributed by atoms with Crippen LogP contribution < -0.4 is 0 Å². The van der Waals surface area contributed by atoms with Gasteiger partial charge in [0.25, 0.3) is 0 Å². The first-order chi connectivity index (χ1) is 6.36. The standard InChI is InChI=1S/C10H13BrO2S/c1-10(2,3)7-4-6(5-11)8(14-7)9(12)13/h4H,5H2,1-3H3,(H,12,13). The average Bonchev–Trinajstić information content (AvgIpc) is 2.45. The molecule has 0 aliphatic heterocycles. The second-order valence-corrected chi connectivity index (χ2v) is 5.77. The van der Waals surface area contributed by atoms with Gasteiger partial charge in [-0.1, -0.05) is 36.7 Å². The number of carboxylic acids is 1. The lowest BCUT2D eigenvalue weighted by atomic mass is 9.94. The zero-order chi connectivity index (χ0) is 10.9. The van der Waals surface area contributed by atoms with E-state index in [2.05, 4.69) is 36.7 Å². The van der Waals surface area contributed by atoms with E-state index in [4.69, 9.17) is 5.11 Å². The van der Waals surface area contributed by atoms with Gasteiger partial charge in [0.2, 0.25) is 0 Å². The van der Waals surface area contributed by atoms with Gasteiger partial charge >= 0.3 is 5.97 Å². The van der Waals surface area contributed by atoms with E-state index in [9.17, 15) is 4.79 Å². The van der Waals surface area contributed by atoms with E-state index >= 15 is 0 Å². The summed E-state index contributed by atoms with van der Waals surface area (Å²) >= 11 is 4.67. The highest BCUT2D eigenvalue weighted by atomic mass is 79.9. The van der Waals surface area contributed by atoms with Gasteiger partial charge < -0.3 is 5.11 Å². The summed E-state index contributed by atoms with van der Waals surface area (Å²) in [6.45, 7) is 6.26. The number of hydrogen-bond donors (Lipinski definition) is 1. The molecule has 0 aliphatic rings. The van der Waals surface area contributed by atoms with Crippen LogP contribution in [0, 0.1) is 0 Å². The molecule has 0 saturated heterocycles. The van der Waals surface area contributed by atoms with Gasteiger partial charge in [-0.25, -0.2) is 4.79 Å². The van der Waals surface area contributed by atoms with E-state index in [1.807, 2.05) is 6.07 Å². The fraction of sp³-hybridized carbons (Fsp3) is 0.500. The summed E-state index contributed by atoms with van der Waals surface area (Å²) in [5.41, 5.74) is 0.891. The van der Waals surface area contributed by atoms with Crippen molar-refractivity contribution in [2.24, 2.45) is 0 Å². The largest absolute Gasteiger partial charge is 0.477 e. The van der Waals surface area contributed by atoms with Gasteiger partial charge in [-0.3, -0.25) is 0 Å². The van der Waals surface area contributed by atoms with Gasteiger partial charge in [0.1, 0.15) is 4.88 Å². The van der Waals surface area contributed by atoms with Crippen molar-refractivity contribution in [3.63, 3.8) is 0 Å². The molecule has 1 aromatic rings. The molecule has 0 spiro atoms. The van der Waals surface area contributed by atoms with E-state index in [1.54, 1.807) is 0 Å². The molecule has 4 heteroatoms. The maximum atomic E-state index is 10.9.